The summed E-state index contributed by atoms with van der Waals surface area (Å²) in [5, 5.41) is 0. The van der Waals surface area contributed by atoms with Crippen LogP contribution in [0, 0.1) is 29.2 Å². The molecule has 6 rings (SSSR count). The summed E-state index contributed by atoms with van der Waals surface area (Å²) < 4.78 is 46.0. The lowest BCUT2D eigenvalue weighted by Crippen LogP contribution is -2.38. The summed E-state index contributed by atoms with van der Waals surface area (Å²) in [5.41, 5.74) is 6.49. The number of aliphatic imine (C=N–C) groups is 1. The van der Waals surface area contributed by atoms with Crippen LogP contribution in [0.4, 0.5) is 8.78 Å². The third-order valence-corrected chi connectivity index (χ3v) is 6.16. The Bertz CT molecular complexity index is 1440. The molecule has 1 aromatic carbocycles. The average molecular weight is 460 g/mol. The predicted octanol–water partition coefficient (Wildman–Crippen LogP) is 3.50. The van der Waals surface area contributed by atoms with Gasteiger partial charge in [-0.25, -0.2) is 9.98 Å². The SMILES string of the molecule is CC1(C#Cc2cc3c(nc2F)Oc2ccc(-c4cccnc4F)cc2C32COC(N)=N2)COC1. The molecule has 0 amide bonds. The fourth-order valence-corrected chi connectivity index (χ4v) is 4.30. The van der Waals surface area contributed by atoms with Gasteiger partial charge in [-0.3, -0.25) is 0 Å². The molecule has 9 heteroatoms. The molecule has 5 heterocycles. The van der Waals surface area contributed by atoms with Gasteiger partial charge in [0.1, 0.15) is 12.4 Å². The molecule has 1 saturated heterocycles. The maximum Gasteiger partial charge on any atom is 0.283 e. The van der Waals surface area contributed by atoms with Gasteiger partial charge in [-0.05, 0) is 42.8 Å². The Labute approximate surface area is 193 Å². The normalized spacial score (nSPS) is 21.2. The lowest BCUT2D eigenvalue weighted by molar-refractivity contribution is -0.0648. The first-order valence-corrected chi connectivity index (χ1v) is 10.6. The number of amidine groups is 1. The number of pyridine rings is 2. The summed E-state index contributed by atoms with van der Waals surface area (Å²) in [7, 11) is 0. The van der Waals surface area contributed by atoms with Crippen molar-refractivity contribution in [2.75, 3.05) is 19.8 Å². The van der Waals surface area contributed by atoms with E-state index >= 15 is 0 Å². The third-order valence-electron chi connectivity index (χ3n) is 6.16. The second-order valence-electron chi connectivity index (χ2n) is 8.74. The van der Waals surface area contributed by atoms with E-state index in [2.05, 4.69) is 26.8 Å². The molecule has 0 bridgehead atoms. The van der Waals surface area contributed by atoms with Crippen LogP contribution >= 0.6 is 0 Å². The minimum atomic E-state index is -1.15. The molecule has 0 radical (unpaired) electrons. The number of fused-ring (bicyclic) bond motifs is 4. The van der Waals surface area contributed by atoms with Gasteiger partial charge in [0.25, 0.3) is 6.02 Å². The summed E-state index contributed by atoms with van der Waals surface area (Å²) in [6, 6.07) is 9.94. The number of halogens is 2. The number of aromatic nitrogens is 2. The minimum Gasteiger partial charge on any atom is -0.462 e. The van der Waals surface area contributed by atoms with Gasteiger partial charge < -0.3 is 19.9 Å². The standard InChI is InChI=1S/C25H18F2N4O3/c1-24(11-32-12-24)7-6-15-10-18-22(30-20(15)26)34-19-5-4-14(16-3-2-8-29-21(16)27)9-17(19)25(18)13-33-23(28)31-25/h2-5,8-10H,11-13H2,1H3,(H2,28,31). The zero-order valence-corrected chi connectivity index (χ0v) is 18.1. The lowest BCUT2D eigenvalue weighted by Gasteiger charge is -2.33. The molecule has 1 fully saturated rings. The van der Waals surface area contributed by atoms with E-state index in [0.29, 0.717) is 41.2 Å². The van der Waals surface area contributed by atoms with Crippen molar-refractivity contribution in [3.63, 3.8) is 0 Å². The number of benzene rings is 1. The molecule has 3 aliphatic rings. The summed E-state index contributed by atoms with van der Waals surface area (Å²) in [6.45, 7) is 2.97. The van der Waals surface area contributed by atoms with Gasteiger partial charge in [0.05, 0.1) is 29.8 Å². The van der Waals surface area contributed by atoms with Crippen LogP contribution in [-0.2, 0) is 15.0 Å². The fraction of sp³-hybridized carbons (Fsp3) is 0.240. The molecular formula is C25H18F2N4O3. The monoisotopic (exact) mass is 460 g/mol. The summed E-state index contributed by atoms with van der Waals surface area (Å²) in [6.07, 6.45) is 1.38. The molecule has 1 spiro atoms. The highest BCUT2D eigenvalue weighted by Gasteiger charge is 2.48. The van der Waals surface area contributed by atoms with Crippen LogP contribution in [0.2, 0.25) is 0 Å². The Balaban J connectivity index is 1.52. The first-order chi connectivity index (χ1) is 16.4. The van der Waals surface area contributed by atoms with E-state index < -0.39 is 17.4 Å². The first kappa shape index (κ1) is 20.6. The Morgan fingerprint density at radius 3 is 2.62 bits per heavy atom. The van der Waals surface area contributed by atoms with Crippen LogP contribution < -0.4 is 10.5 Å². The molecule has 2 aromatic heterocycles. The maximum absolute atomic E-state index is 14.9. The molecule has 0 aliphatic carbocycles. The van der Waals surface area contributed by atoms with Crippen LogP contribution in [0.15, 0.2) is 47.6 Å². The van der Waals surface area contributed by atoms with Crippen LogP contribution in [0.25, 0.3) is 11.1 Å². The zero-order chi connectivity index (χ0) is 23.5. The summed E-state index contributed by atoms with van der Waals surface area (Å²) >= 11 is 0. The topological polar surface area (TPSA) is 91.9 Å². The van der Waals surface area contributed by atoms with E-state index in [4.69, 9.17) is 19.9 Å². The Hall–Kier alpha value is -4.03. The fourth-order valence-electron chi connectivity index (χ4n) is 4.30. The summed E-state index contributed by atoms with van der Waals surface area (Å²) in [4.78, 5) is 12.3. The smallest absolute Gasteiger partial charge is 0.283 e. The highest BCUT2D eigenvalue weighted by Crippen LogP contribution is 2.51. The molecule has 1 unspecified atom stereocenters. The second-order valence-corrected chi connectivity index (χ2v) is 8.74. The van der Waals surface area contributed by atoms with Crippen molar-refractivity contribution in [1.29, 1.82) is 0 Å². The van der Waals surface area contributed by atoms with Crippen molar-refractivity contribution < 1.29 is 23.0 Å². The van der Waals surface area contributed by atoms with E-state index in [1.807, 2.05) is 6.92 Å². The van der Waals surface area contributed by atoms with Crippen LogP contribution in [0.1, 0.15) is 23.6 Å². The molecule has 3 aromatic rings. The van der Waals surface area contributed by atoms with E-state index in [1.54, 1.807) is 36.4 Å². The van der Waals surface area contributed by atoms with Crippen molar-refractivity contribution in [3.8, 4) is 34.6 Å². The molecule has 34 heavy (non-hydrogen) atoms. The molecule has 0 saturated carbocycles. The van der Waals surface area contributed by atoms with E-state index in [-0.39, 0.29) is 29.5 Å². The highest BCUT2D eigenvalue weighted by molar-refractivity contribution is 5.77. The van der Waals surface area contributed by atoms with Gasteiger partial charge in [0.15, 0.2) is 5.54 Å². The van der Waals surface area contributed by atoms with E-state index in [9.17, 15) is 8.78 Å². The van der Waals surface area contributed by atoms with Crippen molar-refractivity contribution in [1.82, 2.24) is 9.97 Å². The largest absolute Gasteiger partial charge is 0.462 e. The number of rotatable bonds is 1. The Morgan fingerprint density at radius 1 is 1.06 bits per heavy atom. The molecule has 2 N–H and O–H groups in total. The Kier molecular flexibility index (Phi) is 4.38. The van der Waals surface area contributed by atoms with Crippen LogP contribution in [0.5, 0.6) is 11.6 Å². The van der Waals surface area contributed by atoms with Gasteiger partial charge in [-0.1, -0.05) is 17.9 Å². The molecule has 170 valence electrons. The number of nitrogens with two attached hydrogens (primary N) is 1. The van der Waals surface area contributed by atoms with E-state index in [0.717, 1.165) is 0 Å². The van der Waals surface area contributed by atoms with Gasteiger partial charge in [0, 0.05) is 17.3 Å². The number of hydrogen-bond donors (Lipinski definition) is 1. The Morgan fingerprint density at radius 2 is 1.91 bits per heavy atom. The average Bonchev–Trinajstić information content (AvgIpc) is 3.19. The molecule has 1 atom stereocenters. The van der Waals surface area contributed by atoms with Gasteiger partial charge >= 0.3 is 0 Å². The van der Waals surface area contributed by atoms with Crippen LogP contribution in [-0.4, -0.2) is 35.8 Å². The van der Waals surface area contributed by atoms with Gasteiger partial charge in [-0.2, -0.15) is 13.8 Å². The van der Waals surface area contributed by atoms with Gasteiger partial charge in [-0.15, -0.1) is 0 Å². The summed E-state index contributed by atoms with van der Waals surface area (Å²) in [5.74, 6) is 5.05. The highest BCUT2D eigenvalue weighted by atomic mass is 19.1. The molecule has 7 nitrogen and oxygen atoms in total. The number of hydrogen-bond acceptors (Lipinski definition) is 7. The van der Waals surface area contributed by atoms with Crippen molar-refractivity contribution in [2.24, 2.45) is 16.1 Å². The maximum atomic E-state index is 14.9. The predicted molar refractivity (Wildman–Crippen MR) is 118 cm³/mol. The molecular weight excluding hydrogens is 442 g/mol. The van der Waals surface area contributed by atoms with E-state index in [1.165, 1.54) is 6.20 Å². The lowest BCUT2D eigenvalue weighted by atomic mass is 9.81. The number of nitrogens with zero attached hydrogens (tertiary/aromatic N) is 3. The minimum absolute atomic E-state index is 0.0205. The zero-order valence-electron chi connectivity index (χ0n) is 18.1. The van der Waals surface area contributed by atoms with Crippen LogP contribution in [0.3, 0.4) is 0 Å². The van der Waals surface area contributed by atoms with Gasteiger partial charge in [0.2, 0.25) is 17.8 Å². The quantitative estimate of drug-likeness (QED) is 0.442. The van der Waals surface area contributed by atoms with Crippen molar-refractivity contribution >= 4 is 6.02 Å². The van der Waals surface area contributed by atoms with Crippen molar-refractivity contribution in [3.05, 3.63) is 71.2 Å². The number of ether oxygens (including phenoxy) is 3. The second kappa shape index (κ2) is 7.23. The molecule has 3 aliphatic heterocycles. The van der Waals surface area contributed by atoms with Crippen molar-refractivity contribution in [2.45, 2.75) is 12.5 Å². The third kappa shape index (κ3) is 3.10. The first-order valence-electron chi connectivity index (χ1n) is 10.6.